The molecule has 0 bridgehead atoms. The standard InChI is InChI=1S/C17H21N3O3S/c1-3-16-20-13(9-24-16)11(2)19-17(21)18-7-6-12-4-5-14-15(8-12)23-10-22-14/h4-5,8-9,11H,3,6-7,10H2,1-2H3,(H2,18,19,21). The molecule has 1 aliphatic heterocycles. The predicted octanol–water partition coefficient (Wildman–Crippen LogP) is 3.04. The minimum Gasteiger partial charge on any atom is -0.454 e. The van der Waals surface area contributed by atoms with E-state index >= 15 is 0 Å². The van der Waals surface area contributed by atoms with E-state index in [1.54, 1.807) is 11.3 Å². The van der Waals surface area contributed by atoms with E-state index in [0.29, 0.717) is 6.54 Å². The molecule has 0 fully saturated rings. The van der Waals surface area contributed by atoms with E-state index in [2.05, 4.69) is 22.5 Å². The molecule has 0 spiro atoms. The van der Waals surface area contributed by atoms with Gasteiger partial charge in [0.15, 0.2) is 11.5 Å². The second-order valence-electron chi connectivity index (χ2n) is 5.58. The molecule has 2 amide bonds. The first-order valence-corrected chi connectivity index (χ1v) is 8.91. The molecule has 0 saturated heterocycles. The maximum absolute atomic E-state index is 12.0. The molecule has 6 nitrogen and oxygen atoms in total. The lowest BCUT2D eigenvalue weighted by Crippen LogP contribution is -2.38. The summed E-state index contributed by atoms with van der Waals surface area (Å²) >= 11 is 1.62. The molecule has 128 valence electrons. The Bertz CT molecular complexity index is 717. The lowest BCUT2D eigenvalue weighted by molar-refractivity contribution is 0.174. The van der Waals surface area contributed by atoms with Crippen LogP contribution in [0.25, 0.3) is 0 Å². The summed E-state index contributed by atoms with van der Waals surface area (Å²) in [6.45, 7) is 4.83. The Kier molecular flexibility index (Phi) is 5.20. The molecule has 1 unspecified atom stereocenters. The predicted molar refractivity (Wildman–Crippen MR) is 92.7 cm³/mol. The van der Waals surface area contributed by atoms with Gasteiger partial charge in [0.25, 0.3) is 0 Å². The van der Waals surface area contributed by atoms with Crippen LogP contribution in [0.5, 0.6) is 11.5 Å². The van der Waals surface area contributed by atoms with Gasteiger partial charge in [0.1, 0.15) is 0 Å². The van der Waals surface area contributed by atoms with Gasteiger partial charge in [-0.3, -0.25) is 0 Å². The molecule has 2 aromatic rings. The Balaban J connectivity index is 1.44. The van der Waals surface area contributed by atoms with Crippen molar-refractivity contribution in [3.05, 3.63) is 39.8 Å². The van der Waals surface area contributed by atoms with E-state index in [-0.39, 0.29) is 18.9 Å². The van der Waals surface area contributed by atoms with Crippen molar-refractivity contribution in [3.8, 4) is 11.5 Å². The number of hydrogen-bond acceptors (Lipinski definition) is 5. The number of rotatable bonds is 6. The molecule has 1 atom stereocenters. The van der Waals surface area contributed by atoms with Gasteiger partial charge in [0.2, 0.25) is 6.79 Å². The number of amides is 2. The summed E-state index contributed by atoms with van der Waals surface area (Å²) in [5.41, 5.74) is 2.00. The number of aryl methyl sites for hydroxylation is 1. The number of thiazole rings is 1. The molecule has 1 aliphatic rings. The Morgan fingerprint density at radius 3 is 3.00 bits per heavy atom. The minimum atomic E-state index is -0.186. The van der Waals surface area contributed by atoms with Crippen LogP contribution in [0.1, 0.15) is 36.2 Å². The van der Waals surface area contributed by atoms with Gasteiger partial charge in [-0.15, -0.1) is 11.3 Å². The van der Waals surface area contributed by atoms with Gasteiger partial charge in [0, 0.05) is 11.9 Å². The quantitative estimate of drug-likeness (QED) is 0.842. The van der Waals surface area contributed by atoms with Gasteiger partial charge in [-0.05, 0) is 37.5 Å². The van der Waals surface area contributed by atoms with Crippen molar-refractivity contribution < 1.29 is 14.3 Å². The molecule has 1 aromatic carbocycles. The number of benzene rings is 1. The van der Waals surface area contributed by atoms with Gasteiger partial charge < -0.3 is 20.1 Å². The highest BCUT2D eigenvalue weighted by Crippen LogP contribution is 2.32. The van der Waals surface area contributed by atoms with Crippen molar-refractivity contribution in [2.24, 2.45) is 0 Å². The zero-order valence-corrected chi connectivity index (χ0v) is 14.6. The van der Waals surface area contributed by atoms with Crippen LogP contribution in [-0.4, -0.2) is 24.4 Å². The number of fused-ring (bicyclic) bond motifs is 1. The third-order valence-corrected chi connectivity index (χ3v) is 4.81. The maximum Gasteiger partial charge on any atom is 0.315 e. The van der Waals surface area contributed by atoms with E-state index in [4.69, 9.17) is 9.47 Å². The number of nitrogens with one attached hydrogen (secondary N) is 2. The van der Waals surface area contributed by atoms with Crippen LogP contribution in [0.4, 0.5) is 4.79 Å². The normalized spacial score (nSPS) is 13.6. The van der Waals surface area contributed by atoms with Gasteiger partial charge >= 0.3 is 6.03 Å². The van der Waals surface area contributed by atoms with Gasteiger partial charge in [-0.25, -0.2) is 9.78 Å². The minimum absolute atomic E-state index is 0.105. The van der Waals surface area contributed by atoms with Crippen LogP contribution >= 0.6 is 11.3 Å². The van der Waals surface area contributed by atoms with Crippen LogP contribution in [0.2, 0.25) is 0 Å². The third-order valence-electron chi connectivity index (χ3n) is 3.80. The number of urea groups is 1. The van der Waals surface area contributed by atoms with Crippen LogP contribution in [0, 0.1) is 0 Å². The molecule has 0 saturated carbocycles. The topological polar surface area (TPSA) is 72.5 Å². The van der Waals surface area contributed by atoms with Crippen molar-refractivity contribution in [3.63, 3.8) is 0 Å². The SMILES string of the molecule is CCc1nc(C(C)NC(=O)NCCc2ccc3c(c2)OCO3)cs1. The molecule has 2 heterocycles. The fourth-order valence-corrected chi connectivity index (χ4v) is 3.26. The summed E-state index contributed by atoms with van der Waals surface area (Å²) < 4.78 is 10.6. The monoisotopic (exact) mass is 347 g/mol. The lowest BCUT2D eigenvalue weighted by atomic mass is 10.1. The van der Waals surface area contributed by atoms with Crippen molar-refractivity contribution in [2.75, 3.05) is 13.3 Å². The summed E-state index contributed by atoms with van der Waals surface area (Å²) in [4.78, 5) is 16.5. The average molecular weight is 347 g/mol. The number of nitrogens with zero attached hydrogens (tertiary/aromatic N) is 1. The number of hydrogen-bond donors (Lipinski definition) is 2. The van der Waals surface area contributed by atoms with Gasteiger partial charge in [-0.2, -0.15) is 0 Å². The first kappa shape index (κ1) is 16.6. The smallest absolute Gasteiger partial charge is 0.315 e. The largest absolute Gasteiger partial charge is 0.454 e. The summed E-state index contributed by atoms with van der Waals surface area (Å²) in [6.07, 6.45) is 1.65. The first-order valence-electron chi connectivity index (χ1n) is 8.03. The Labute approximate surface area is 145 Å². The van der Waals surface area contributed by atoms with Crippen molar-refractivity contribution in [1.29, 1.82) is 0 Å². The molecule has 0 radical (unpaired) electrons. The molecule has 3 rings (SSSR count). The average Bonchev–Trinajstić information content (AvgIpc) is 3.23. The van der Waals surface area contributed by atoms with Crippen LogP contribution < -0.4 is 20.1 Å². The van der Waals surface area contributed by atoms with E-state index < -0.39 is 0 Å². The van der Waals surface area contributed by atoms with E-state index in [9.17, 15) is 4.79 Å². The number of carbonyl (C=O) groups excluding carboxylic acids is 1. The molecule has 0 aliphatic carbocycles. The van der Waals surface area contributed by atoms with E-state index in [0.717, 1.165) is 40.6 Å². The summed E-state index contributed by atoms with van der Waals surface area (Å²) in [5, 5.41) is 8.87. The van der Waals surface area contributed by atoms with Crippen LogP contribution in [0.3, 0.4) is 0 Å². The van der Waals surface area contributed by atoms with Crippen LogP contribution in [0.15, 0.2) is 23.6 Å². The van der Waals surface area contributed by atoms with Crippen LogP contribution in [-0.2, 0) is 12.8 Å². The van der Waals surface area contributed by atoms with Crippen molar-refractivity contribution in [2.45, 2.75) is 32.7 Å². The summed E-state index contributed by atoms with van der Waals surface area (Å²) in [5.74, 6) is 1.54. The molecular formula is C17H21N3O3S. The number of ether oxygens (including phenoxy) is 2. The zero-order valence-electron chi connectivity index (χ0n) is 13.8. The summed E-state index contributed by atoms with van der Waals surface area (Å²) in [6, 6.07) is 5.54. The second-order valence-corrected chi connectivity index (χ2v) is 6.52. The highest BCUT2D eigenvalue weighted by molar-refractivity contribution is 7.09. The summed E-state index contributed by atoms with van der Waals surface area (Å²) in [7, 11) is 0. The lowest BCUT2D eigenvalue weighted by Gasteiger charge is -2.13. The first-order chi connectivity index (χ1) is 11.7. The number of carbonyl (C=O) groups is 1. The highest BCUT2D eigenvalue weighted by Gasteiger charge is 2.14. The molecule has 2 N–H and O–H groups in total. The zero-order chi connectivity index (χ0) is 16.9. The molecule has 24 heavy (non-hydrogen) atoms. The molecule has 7 heteroatoms. The van der Waals surface area contributed by atoms with Crippen molar-refractivity contribution in [1.82, 2.24) is 15.6 Å². The fraction of sp³-hybridized carbons (Fsp3) is 0.412. The Morgan fingerprint density at radius 2 is 2.21 bits per heavy atom. The van der Waals surface area contributed by atoms with Gasteiger partial charge in [-0.1, -0.05) is 13.0 Å². The van der Waals surface area contributed by atoms with Gasteiger partial charge in [0.05, 0.1) is 16.7 Å². The van der Waals surface area contributed by atoms with E-state index in [1.807, 2.05) is 30.5 Å². The Hall–Kier alpha value is -2.28. The fourth-order valence-electron chi connectivity index (χ4n) is 2.42. The van der Waals surface area contributed by atoms with Crippen molar-refractivity contribution >= 4 is 17.4 Å². The van der Waals surface area contributed by atoms with E-state index in [1.165, 1.54) is 0 Å². The second kappa shape index (κ2) is 7.53. The maximum atomic E-state index is 12.0. The molecular weight excluding hydrogens is 326 g/mol. The Morgan fingerprint density at radius 1 is 1.38 bits per heavy atom. The number of aromatic nitrogens is 1. The third kappa shape index (κ3) is 3.97. The highest BCUT2D eigenvalue weighted by atomic mass is 32.1. The molecule has 1 aromatic heterocycles.